The molecule has 1 rings (SSSR count). The molecule has 80 valence electrons. The second-order valence-electron chi connectivity index (χ2n) is 3.24. The maximum absolute atomic E-state index is 11.2. The predicted molar refractivity (Wildman–Crippen MR) is 57.5 cm³/mol. The van der Waals surface area contributed by atoms with E-state index in [4.69, 9.17) is 5.73 Å². The molecule has 0 amide bonds. The first kappa shape index (κ1) is 11.3. The highest BCUT2D eigenvalue weighted by molar-refractivity contribution is 7.99. The number of hydrogen-bond donors (Lipinski definition) is 2. The molecule has 14 heavy (non-hydrogen) atoms. The van der Waals surface area contributed by atoms with Crippen LogP contribution in [0.1, 0.15) is 20.8 Å². The molecule has 1 aromatic rings. The van der Waals surface area contributed by atoms with Crippen molar-refractivity contribution >= 4 is 11.8 Å². The van der Waals surface area contributed by atoms with Gasteiger partial charge in [0, 0.05) is 17.8 Å². The zero-order valence-electron chi connectivity index (χ0n) is 8.65. The largest absolute Gasteiger partial charge is 0.343 e. The van der Waals surface area contributed by atoms with Gasteiger partial charge in [-0.15, -0.1) is 5.10 Å². The summed E-state index contributed by atoms with van der Waals surface area (Å²) in [7, 11) is 0. The van der Waals surface area contributed by atoms with Crippen molar-refractivity contribution < 1.29 is 0 Å². The molecule has 1 aromatic heterocycles. The molecule has 6 heteroatoms. The average Bonchev–Trinajstić information content (AvgIpc) is 2.46. The van der Waals surface area contributed by atoms with E-state index in [1.807, 2.05) is 20.8 Å². The van der Waals surface area contributed by atoms with Gasteiger partial charge in [0.1, 0.15) is 0 Å². The van der Waals surface area contributed by atoms with E-state index >= 15 is 0 Å². The Morgan fingerprint density at radius 1 is 1.64 bits per heavy atom. The number of thioether (sulfide) groups is 1. The first-order valence-electron chi connectivity index (χ1n) is 4.63. The van der Waals surface area contributed by atoms with Gasteiger partial charge in [0.2, 0.25) is 0 Å². The summed E-state index contributed by atoms with van der Waals surface area (Å²) in [6.07, 6.45) is 0. The molecular formula is C8H16N4OS. The molecule has 2 atom stereocenters. The smallest absolute Gasteiger partial charge is 0.327 e. The minimum atomic E-state index is -0.160. The molecule has 0 saturated carbocycles. The van der Waals surface area contributed by atoms with Crippen molar-refractivity contribution in [3.05, 3.63) is 10.5 Å². The van der Waals surface area contributed by atoms with Gasteiger partial charge in [0.15, 0.2) is 5.16 Å². The van der Waals surface area contributed by atoms with Crippen LogP contribution >= 0.6 is 11.8 Å². The molecule has 0 aliphatic carbocycles. The normalized spacial score (nSPS) is 15.4. The number of nitrogens with zero attached hydrogens (tertiary/aromatic N) is 2. The van der Waals surface area contributed by atoms with E-state index < -0.39 is 0 Å². The van der Waals surface area contributed by atoms with Crippen LogP contribution in [-0.4, -0.2) is 26.1 Å². The minimum Gasteiger partial charge on any atom is -0.327 e. The average molecular weight is 216 g/mol. The van der Waals surface area contributed by atoms with E-state index in [0.29, 0.717) is 11.7 Å². The Hall–Kier alpha value is -0.750. The van der Waals surface area contributed by atoms with E-state index in [9.17, 15) is 4.79 Å². The van der Waals surface area contributed by atoms with E-state index in [1.165, 1.54) is 11.8 Å². The third-order valence-electron chi connectivity index (χ3n) is 2.07. The maximum atomic E-state index is 11.2. The van der Waals surface area contributed by atoms with Crippen LogP contribution in [0.4, 0.5) is 0 Å². The fourth-order valence-electron chi connectivity index (χ4n) is 0.946. The summed E-state index contributed by atoms with van der Waals surface area (Å²) >= 11 is 1.52. The lowest BCUT2D eigenvalue weighted by molar-refractivity contribution is 0.653. The lowest BCUT2D eigenvalue weighted by Gasteiger charge is -2.13. The van der Waals surface area contributed by atoms with Crippen molar-refractivity contribution in [2.24, 2.45) is 5.73 Å². The summed E-state index contributed by atoms with van der Waals surface area (Å²) in [4.78, 5) is 11.2. The van der Waals surface area contributed by atoms with E-state index in [0.717, 1.165) is 0 Å². The minimum absolute atomic E-state index is 0.0807. The van der Waals surface area contributed by atoms with Gasteiger partial charge in [-0.1, -0.05) is 18.7 Å². The molecule has 3 N–H and O–H groups in total. The van der Waals surface area contributed by atoms with Gasteiger partial charge >= 0.3 is 5.69 Å². The number of aromatic nitrogens is 3. The zero-order chi connectivity index (χ0) is 10.7. The topological polar surface area (TPSA) is 76.7 Å². The molecule has 0 bridgehead atoms. The molecular weight excluding hydrogens is 200 g/mol. The van der Waals surface area contributed by atoms with Crippen molar-refractivity contribution in [1.29, 1.82) is 0 Å². The number of nitrogens with two attached hydrogens (primary N) is 1. The van der Waals surface area contributed by atoms with E-state index in [2.05, 4.69) is 10.2 Å². The Balaban J connectivity index is 2.81. The number of nitrogens with one attached hydrogen (secondary N) is 1. The Morgan fingerprint density at radius 3 is 2.79 bits per heavy atom. The number of rotatable bonds is 4. The lowest BCUT2D eigenvalue weighted by Crippen LogP contribution is -2.27. The highest BCUT2D eigenvalue weighted by atomic mass is 32.2. The number of H-pyrrole nitrogens is 1. The van der Waals surface area contributed by atoms with Gasteiger partial charge in [-0.25, -0.2) is 9.89 Å². The fraction of sp³-hybridized carbons (Fsp3) is 0.750. The molecule has 0 spiro atoms. The van der Waals surface area contributed by atoms with Crippen molar-refractivity contribution in [3.63, 3.8) is 0 Å². The van der Waals surface area contributed by atoms with E-state index in [1.54, 1.807) is 4.57 Å². The molecule has 0 radical (unpaired) electrons. The quantitative estimate of drug-likeness (QED) is 0.715. The third kappa shape index (κ3) is 2.39. The molecule has 0 fully saturated rings. The molecule has 0 aromatic carbocycles. The SMILES string of the molecule is CCn1c(SC(C)C(C)N)n[nH]c1=O. The Morgan fingerprint density at radius 2 is 2.29 bits per heavy atom. The summed E-state index contributed by atoms with van der Waals surface area (Å²) in [5.41, 5.74) is 5.58. The van der Waals surface area contributed by atoms with Crippen LogP contribution in [0.2, 0.25) is 0 Å². The lowest BCUT2D eigenvalue weighted by atomic mass is 10.3. The van der Waals surface area contributed by atoms with Crippen LogP contribution in [0.15, 0.2) is 9.95 Å². The van der Waals surface area contributed by atoms with Gasteiger partial charge in [0.25, 0.3) is 0 Å². The monoisotopic (exact) mass is 216 g/mol. The van der Waals surface area contributed by atoms with Crippen molar-refractivity contribution in [2.75, 3.05) is 0 Å². The number of hydrogen-bond acceptors (Lipinski definition) is 4. The summed E-state index contributed by atoms with van der Waals surface area (Å²) in [5.74, 6) is 0. The van der Waals surface area contributed by atoms with Crippen LogP contribution in [0.3, 0.4) is 0 Å². The summed E-state index contributed by atoms with van der Waals surface area (Å²) < 4.78 is 1.60. The molecule has 5 nitrogen and oxygen atoms in total. The highest BCUT2D eigenvalue weighted by Gasteiger charge is 2.14. The maximum Gasteiger partial charge on any atom is 0.343 e. The number of aromatic amines is 1. The van der Waals surface area contributed by atoms with Crippen molar-refractivity contribution in [3.8, 4) is 0 Å². The van der Waals surface area contributed by atoms with E-state index in [-0.39, 0.29) is 17.0 Å². The molecule has 0 aliphatic heterocycles. The standard InChI is InChI=1S/C8H16N4OS/c1-4-12-7(13)10-11-8(12)14-6(3)5(2)9/h5-6H,4,9H2,1-3H3,(H,10,13). The van der Waals surface area contributed by atoms with Crippen molar-refractivity contribution in [1.82, 2.24) is 14.8 Å². The molecule has 0 saturated heterocycles. The van der Waals surface area contributed by atoms with Crippen LogP contribution in [0.5, 0.6) is 0 Å². The van der Waals surface area contributed by atoms with Crippen LogP contribution in [0, 0.1) is 0 Å². The fourth-order valence-corrected chi connectivity index (χ4v) is 1.93. The van der Waals surface area contributed by atoms with Gasteiger partial charge in [0.05, 0.1) is 0 Å². The Bertz CT molecular complexity index is 343. The van der Waals surface area contributed by atoms with Gasteiger partial charge in [-0.3, -0.25) is 4.57 Å². The van der Waals surface area contributed by atoms with Gasteiger partial charge in [-0.2, -0.15) is 0 Å². The first-order chi connectivity index (χ1) is 6.56. The van der Waals surface area contributed by atoms with Crippen molar-refractivity contribution in [2.45, 2.75) is 43.8 Å². The Kier molecular flexibility index (Phi) is 3.77. The highest BCUT2D eigenvalue weighted by Crippen LogP contribution is 2.20. The zero-order valence-corrected chi connectivity index (χ0v) is 9.47. The predicted octanol–water partition coefficient (Wildman–Crippen LogP) is 0.419. The third-order valence-corrected chi connectivity index (χ3v) is 3.39. The first-order valence-corrected chi connectivity index (χ1v) is 5.51. The second-order valence-corrected chi connectivity index (χ2v) is 4.58. The molecule has 2 unspecified atom stereocenters. The summed E-state index contributed by atoms with van der Waals surface area (Å²) in [6, 6.07) is 0.0807. The van der Waals surface area contributed by atoms with Gasteiger partial charge < -0.3 is 5.73 Å². The molecule has 1 heterocycles. The molecule has 0 aliphatic rings. The van der Waals surface area contributed by atoms with Crippen LogP contribution < -0.4 is 11.4 Å². The van der Waals surface area contributed by atoms with Gasteiger partial charge in [-0.05, 0) is 13.8 Å². The van der Waals surface area contributed by atoms with Crippen LogP contribution in [0.25, 0.3) is 0 Å². The van der Waals surface area contributed by atoms with Crippen LogP contribution in [-0.2, 0) is 6.54 Å². The second kappa shape index (κ2) is 4.65. The summed E-state index contributed by atoms with van der Waals surface area (Å²) in [5, 5.41) is 7.33. The Labute approximate surface area is 87.1 Å². The summed E-state index contributed by atoms with van der Waals surface area (Å²) in [6.45, 7) is 6.51.